The summed E-state index contributed by atoms with van der Waals surface area (Å²) in [4.78, 5) is 19.8. The highest BCUT2D eigenvalue weighted by Gasteiger charge is 2.23. The maximum Gasteiger partial charge on any atom is 0.270 e. The Hall–Kier alpha value is -2.71. The van der Waals surface area contributed by atoms with Crippen LogP contribution < -0.4 is 10.1 Å². The Morgan fingerprint density at radius 2 is 2.00 bits per heavy atom. The molecule has 2 aromatic heterocycles. The van der Waals surface area contributed by atoms with E-state index in [1.807, 2.05) is 25.4 Å². The molecule has 1 fully saturated rings. The van der Waals surface area contributed by atoms with Crippen LogP contribution in [-0.2, 0) is 7.05 Å². The molecule has 0 aliphatic carbocycles. The van der Waals surface area contributed by atoms with Crippen LogP contribution in [0.1, 0.15) is 41.4 Å². The van der Waals surface area contributed by atoms with E-state index in [-0.39, 0.29) is 11.9 Å². The number of carbonyl (C=O) groups is 1. The van der Waals surface area contributed by atoms with E-state index < -0.39 is 0 Å². The Morgan fingerprint density at radius 3 is 2.67 bits per heavy atom. The zero-order chi connectivity index (χ0) is 20.9. The number of rotatable bonds is 7. The third-order valence-electron chi connectivity index (χ3n) is 5.48. The summed E-state index contributed by atoms with van der Waals surface area (Å²) in [5.41, 5.74) is 2.56. The molecule has 0 radical (unpaired) electrons. The number of aryl methyl sites for hydroxylation is 1. The molecule has 0 bridgehead atoms. The van der Waals surface area contributed by atoms with Crippen LogP contribution in [0.25, 0.3) is 10.6 Å². The molecule has 1 N–H and O–H groups in total. The van der Waals surface area contributed by atoms with E-state index in [4.69, 9.17) is 4.74 Å². The Labute approximate surface area is 180 Å². The average Bonchev–Trinajstić information content (AvgIpc) is 3.44. The summed E-state index contributed by atoms with van der Waals surface area (Å²) in [7, 11) is 3.54. The number of likely N-dealkylation sites (tertiary alicyclic amines) is 1. The summed E-state index contributed by atoms with van der Waals surface area (Å²) in [5, 5.41) is 9.89. The van der Waals surface area contributed by atoms with Gasteiger partial charge in [-0.05, 0) is 43.6 Å². The quantitative estimate of drug-likeness (QED) is 0.627. The minimum atomic E-state index is -0.142. The first-order chi connectivity index (χ1) is 14.6. The Kier molecular flexibility index (Phi) is 6.44. The van der Waals surface area contributed by atoms with E-state index in [0.29, 0.717) is 12.2 Å². The molecule has 30 heavy (non-hydrogen) atoms. The van der Waals surface area contributed by atoms with Crippen LogP contribution in [0.15, 0.2) is 42.0 Å². The van der Waals surface area contributed by atoms with E-state index in [2.05, 4.69) is 32.4 Å². The first-order valence-corrected chi connectivity index (χ1v) is 11.1. The largest absolute Gasteiger partial charge is 0.497 e. The number of methoxy groups -OCH3 is 1. The lowest BCUT2D eigenvalue weighted by Gasteiger charge is -2.35. The molecular weight excluding hydrogens is 398 g/mol. The summed E-state index contributed by atoms with van der Waals surface area (Å²) in [6.07, 6.45) is 7.32. The van der Waals surface area contributed by atoms with Crippen LogP contribution in [0.3, 0.4) is 0 Å². The molecule has 0 spiro atoms. The first-order valence-electron chi connectivity index (χ1n) is 10.2. The lowest BCUT2D eigenvalue weighted by atomic mass is 10.0. The smallest absolute Gasteiger partial charge is 0.270 e. The topological polar surface area (TPSA) is 72.3 Å². The number of piperidine rings is 1. The lowest BCUT2D eigenvalue weighted by Crippen LogP contribution is -2.40. The van der Waals surface area contributed by atoms with Gasteiger partial charge < -0.3 is 10.1 Å². The molecule has 1 aliphatic heterocycles. The number of hydrogen-bond acceptors (Lipinski definition) is 6. The summed E-state index contributed by atoms with van der Waals surface area (Å²) in [6.45, 7) is 2.65. The third-order valence-corrected chi connectivity index (χ3v) is 6.37. The number of amides is 1. The van der Waals surface area contributed by atoms with Crippen LogP contribution in [0.2, 0.25) is 0 Å². The van der Waals surface area contributed by atoms with Gasteiger partial charge in [0.2, 0.25) is 0 Å². The zero-order valence-corrected chi connectivity index (χ0v) is 18.2. The van der Waals surface area contributed by atoms with E-state index in [1.165, 1.54) is 36.2 Å². The van der Waals surface area contributed by atoms with Gasteiger partial charge in [0.1, 0.15) is 16.5 Å². The van der Waals surface area contributed by atoms with Crippen LogP contribution in [0.5, 0.6) is 5.75 Å². The standard InChI is InChI=1S/C22H27N5O2S/c1-26-14-17(12-24-26)22-25-19(15-30-22)21(28)23-13-20(27-10-4-3-5-11-27)16-6-8-18(29-2)9-7-16/h6-9,12,14-15,20H,3-5,10-11,13H2,1-2H3,(H,23,28)/t20-/m1/s1. The Balaban J connectivity index is 1.46. The van der Waals surface area contributed by atoms with Gasteiger partial charge in [-0.25, -0.2) is 4.98 Å². The van der Waals surface area contributed by atoms with Gasteiger partial charge in [0.05, 0.1) is 19.3 Å². The van der Waals surface area contributed by atoms with Gasteiger partial charge in [-0.3, -0.25) is 14.4 Å². The predicted molar refractivity (Wildman–Crippen MR) is 118 cm³/mol. The van der Waals surface area contributed by atoms with Crippen molar-refractivity contribution in [1.29, 1.82) is 0 Å². The Bertz CT molecular complexity index is 976. The minimum absolute atomic E-state index is 0.136. The maximum absolute atomic E-state index is 12.8. The summed E-state index contributed by atoms with van der Waals surface area (Å²) < 4.78 is 7.03. The second kappa shape index (κ2) is 9.40. The van der Waals surface area contributed by atoms with Crippen LogP contribution in [-0.4, -0.2) is 52.3 Å². The molecular formula is C22H27N5O2S. The molecule has 0 saturated carbocycles. The highest BCUT2D eigenvalue weighted by molar-refractivity contribution is 7.13. The van der Waals surface area contributed by atoms with Gasteiger partial charge in [0.25, 0.3) is 5.91 Å². The van der Waals surface area contributed by atoms with Gasteiger partial charge >= 0.3 is 0 Å². The van der Waals surface area contributed by atoms with Gasteiger partial charge in [-0.2, -0.15) is 5.10 Å². The van der Waals surface area contributed by atoms with Gasteiger partial charge in [0, 0.05) is 30.7 Å². The Morgan fingerprint density at radius 1 is 1.23 bits per heavy atom. The van der Waals surface area contributed by atoms with E-state index in [1.54, 1.807) is 23.4 Å². The van der Waals surface area contributed by atoms with E-state index in [9.17, 15) is 4.79 Å². The molecule has 8 heteroatoms. The number of nitrogens with one attached hydrogen (secondary N) is 1. The van der Waals surface area contributed by atoms with Crippen molar-refractivity contribution in [3.63, 3.8) is 0 Å². The first kappa shape index (κ1) is 20.6. The molecule has 158 valence electrons. The second-order valence-electron chi connectivity index (χ2n) is 7.54. The summed E-state index contributed by atoms with van der Waals surface area (Å²) >= 11 is 1.46. The summed E-state index contributed by atoms with van der Waals surface area (Å²) in [5.74, 6) is 0.697. The van der Waals surface area contributed by atoms with Crippen molar-refractivity contribution >= 4 is 17.2 Å². The van der Waals surface area contributed by atoms with Crippen molar-refractivity contribution in [3.05, 3.63) is 53.3 Å². The monoisotopic (exact) mass is 425 g/mol. The van der Waals surface area contributed by atoms with Gasteiger partial charge in [-0.1, -0.05) is 18.6 Å². The molecule has 3 aromatic rings. The maximum atomic E-state index is 12.8. The average molecular weight is 426 g/mol. The van der Waals surface area contributed by atoms with Gasteiger partial charge in [0.15, 0.2) is 0 Å². The molecule has 1 amide bonds. The number of thiazole rings is 1. The van der Waals surface area contributed by atoms with Crippen molar-refractivity contribution in [3.8, 4) is 16.3 Å². The van der Waals surface area contributed by atoms with Crippen LogP contribution in [0, 0.1) is 0 Å². The fourth-order valence-corrected chi connectivity index (χ4v) is 4.61. The fourth-order valence-electron chi connectivity index (χ4n) is 3.84. The number of nitrogens with zero attached hydrogens (tertiary/aromatic N) is 4. The second-order valence-corrected chi connectivity index (χ2v) is 8.39. The molecule has 7 nitrogen and oxygen atoms in total. The normalized spacial score (nSPS) is 15.7. The lowest BCUT2D eigenvalue weighted by molar-refractivity contribution is 0.0920. The van der Waals surface area contributed by atoms with Crippen LogP contribution in [0.4, 0.5) is 0 Å². The number of carbonyl (C=O) groups excluding carboxylic acids is 1. The van der Waals surface area contributed by atoms with Crippen molar-refractivity contribution in [2.45, 2.75) is 25.3 Å². The van der Waals surface area contributed by atoms with Crippen LogP contribution >= 0.6 is 11.3 Å². The molecule has 1 aliphatic rings. The highest BCUT2D eigenvalue weighted by Crippen LogP contribution is 2.26. The molecule has 4 rings (SSSR count). The molecule has 0 unspecified atom stereocenters. The van der Waals surface area contributed by atoms with E-state index in [0.717, 1.165) is 29.4 Å². The third kappa shape index (κ3) is 4.71. The number of hydrogen-bond donors (Lipinski definition) is 1. The molecule has 3 heterocycles. The molecule has 1 saturated heterocycles. The fraction of sp³-hybridized carbons (Fsp3) is 0.409. The SMILES string of the molecule is COc1ccc([C@@H](CNC(=O)c2csc(-c3cnn(C)c3)n2)N2CCCCC2)cc1. The number of ether oxygens (including phenoxy) is 1. The molecule has 1 atom stereocenters. The minimum Gasteiger partial charge on any atom is -0.497 e. The van der Waals surface area contributed by atoms with Crippen molar-refractivity contribution in [2.75, 3.05) is 26.7 Å². The van der Waals surface area contributed by atoms with E-state index >= 15 is 0 Å². The van der Waals surface area contributed by atoms with Crippen molar-refractivity contribution in [2.24, 2.45) is 7.05 Å². The zero-order valence-electron chi connectivity index (χ0n) is 17.4. The molecule has 1 aromatic carbocycles. The predicted octanol–water partition coefficient (Wildman–Crippen LogP) is 3.51. The number of benzene rings is 1. The van der Waals surface area contributed by atoms with Crippen molar-refractivity contribution in [1.82, 2.24) is 25.0 Å². The summed E-state index contributed by atoms with van der Waals surface area (Å²) in [6, 6.07) is 8.28. The highest BCUT2D eigenvalue weighted by atomic mass is 32.1. The van der Waals surface area contributed by atoms with Crippen molar-refractivity contribution < 1.29 is 9.53 Å². The van der Waals surface area contributed by atoms with Gasteiger partial charge in [-0.15, -0.1) is 11.3 Å². The number of aromatic nitrogens is 3.